The van der Waals surface area contributed by atoms with Gasteiger partial charge in [0.05, 0.1) is 5.52 Å². The molecule has 0 aromatic carbocycles. The lowest BCUT2D eigenvalue weighted by molar-refractivity contribution is 0.0640. The second-order valence-corrected chi connectivity index (χ2v) is 7.40. The molecule has 2 amide bonds. The minimum atomic E-state index is -0.244. The van der Waals surface area contributed by atoms with E-state index in [4.69, 9.17) is 0 Å². The van der Waals surface area contributed by atoms with Crippen LogP contribution in [0.2, 0.25) is 0 Å². The summed E-state index contributed by atoms with van der Waals surface area (Å²) >= 11 is 0. The quantitative estimate of drug-likeness (QED) is 0.842. The molecule has 1 aliphatic rings. The number of hydrogen-bond donors (Lipinski definition) is 1. The molecular weight excluding hydrogens is 342 g/mol. The summed E-state index contributed by atoms with van der Waals surface area (Å²) in [5.74, 6) is 0.438. The lowest BCUT2D eigenvalue weighted by Gasteiger charge is -2.33. The van der Waals surface area contributed by atoms with Gasteiger partial charge in [-0.2, -0.15) is 0 Å². The number of carbonyl (C=O) groups is 2. The minimum Gasteiger partial charge on any atom is -0.349 e. The van der Waals surface area contributed by atoms with E-state index in [9.17, 15) is 9.59 Å². The Balaban J connectivity index is 1.82. The predicted molar refractivity (Wildman–Crippen MR) is 105 cm³/mol. The molecule has 0 bridgehead atoms. The first-order valence-corrected chi connectivity index (χ1v) is 9.78. The van der Waals surface area contributed by atoms with Gasteiger partial charge in [0.25, 0.3) is 11.8 Å². The molecule has 146 valence electrons. The van der Waals surface area contributed by atoms with E-state index >= 15 is 0 Å². The fourth-order valence-electron chi connectivity index (χ4n) is 3.33. The van der Waals surface area contributed by atoms with Gasteiger partial charge in [-0.1, -0.05) is 26.8 Å². The largest absolute Gasteiger partial charge is 0.349 e. The van der Waals surface area contributed by atoms with Crippen LogP contribution in [0.1, 0.15) is 48.3 Å². The highest BCUT2D eigenvalue weighted by atomic mass is 16.2. The predicted octanol–water partition coefficient (Wildman–Crippen LogP) is 1.89. The Labute approximate surface area is 160 Å². The first-order valence-electron chi connectivity index (χ1n) is 9.78. The van der Waals surface area contributed by atoms with Crippen LogP contribution in [-0.2, 0) is 0 Å². The number of piperazine rings is 1. The molecule has 0 saturated carbocycles. The second kappa shape index (κ2) is 8.52. The normalized spacial score (nSPS) is 15.5. The molecule has 27 heavy (non-hydrogen) atoms. The fraction of sp³-hybridized carbons (Fsp3) is 0.550. The summed E-state index contributed by atoms with van der Waals surface area (Å²) in [6.07, 6.45) is 2.69. The lowest BCUT2D eigenvalue weighted by Crippen LogP contribution is -2.48. The molecular formula is C20H29N5O2. The van der Waals surface area contributed by atoms with E-state index in [-0.39, 0.29) is 17.6 Å². The van der Waals surface area contributed by atoms with Crippen molar-refractivity contribution in [2.45, 2.75) is 27.2 Å². The molecule has 7 nitrogen and oxygen atoms in total. The highest BCUT2D eigenvalue weighted by molar-refractivity contribution is 6.02. The SMILES string of the molecule is CCN1CCN(C(=O)c2nc(C(=O)NCCC(C)C)n3ccccc23)CC1. The van der Waals surface area contributed by atoms with Gasteiger partial charge in [-0.25, -0.2) is 4.98 Å². The molecule has 2 aromatic rings. The van der Waals surface area contributed by atoms with Crippen LogP contribution in [-0.4, -0.2) is 70.3 Å². The smallest absolute Gasteiger partial charge is 0.287 e. The molecule has 3 heterocycles. The third-order valence-electron chi connectivity index (χ3n) is 5.07. The van der Waals surface area contributed by atoms with Crippen molar-refractivity contribution < 1.29 is 9.59 Å². The van der Waals surface area contributed by atoms with Crippen LogP contribution in [0, 0.1) is 5.92 Å². The van der Waals surface area contributed by atoms with Gasteiger partial charge in [-0.3, -0.25) is 14.0 Å². The molecule has 3 rings (SSSR count). The van der Waals surface area contributed by atoms with Gasteiger partial charge in [0.2, 0.25) is 5.82 Å². The molecule has 1 fully saturated rings. The number of amides is 2. The van der Waals surface area contributed by atoms with Crippen LogP contribution in [0.4, 0.5) is 0 Å². The van der Waals surface area contributed by atoms with E-state index in [2.05, 4.69) is 36.0 Å². The fourth-order valence-corrected chi connectivity index (χ4v) is 3.33. The number of nitrogens with zero attached hydrogens (tertiary/aromatic N) is 4. The summed E-state index contributed by atoms with van der Waals surface area (Å²) in [6.45, 7) is 11.1. The molecule has 7 heteroatoms. The Morgan fingerprint density at radius 1 is 1.19 bits per heavy atom. The molecule has 0 aliphatic carbocycles. The molecule has 0 radical (unpaired) electrons. The van der Waals surface area contributed by atoms with Gasteiger partial charge >= 0.3 is 0 Å². The van der Waals surface area contributed by atoms with Crippen LogP contribution in [0.25, 0.3) is 5.52 Å². The van der Waals surface area contributed by atoms with Gasteiger partial charge in [0.15, 0.2) is 5.69 Å². The summed E-state index contributed by atoms with van der Waals surface area (Å²) in [7, 11) is 0. The topological polar surface area (TPSA) is 69.9 Å². The van der Waals surface area contributed by atoms with E-state index in [0.717, 1.165) is 26.1 Å². The Morgan fingerprint density at radius 2 is 1.93 bits per heavy atom. The zero-order chi connectivity index (χ0) is 19.4. The Morgan fingerprint density at radius 3 is 2.59 bits per heavy atom. The van der Waals surface area contributed by atoms with Crippen LogP contribution >= 0.6 is 0 Å². The molecule has 0 spiro atoms. The summed E-state index contributed by atoms with van der Waals surface area (Å²) in [5.41, 5.74) is 1.03. The highest BCUT2D eigenvalue weighted by Gasteiger charge is 2.27. The standard InChI is InChI=1S/C20H29N5O2/c1-4-23-11-13-24(14-12-23)20(27)17-16-7-5-6-10-25(16)18(22-17)19(26)21-9-8-15(2)3/h5-7,10,15H,4,8-9,11-14H2,1-3H3,(H,21,26). The van der Waals surface area contributed by atoms with E-state index < -0.39 is 0 Å². The lowest BCUT2D eigenvalue weighted by atomic mass is 10.1. The monoisotopic (exact) mass is 371 g/mol. The maximum atomic E-state index is 13.0. The first kappa shape index (κ1) is 19.4. The Hall–Kier alpha value is -2.41. The number of fused-ring (bicyclic) bond motifs is 1. The zero-order valence-corrected chi connectivity index (χ0v) is 16.4. The van der Waals surface area contributed by atoms with Crippen molar-refractivity contribution in [2.24, 2.45) is 5.92 Å². The van der Waals surface area contributed by atoms with Crippen molar-refractivity contribution in [3.8, 4) is 0 Å². The maximum absolute atomic E-state index is 13.0. The average molecular weight is 371 g/mol. The summed E-state index contributed by atoms with van der Waals surface area (Å²) < 4.78 is 1.71. The number of hydrogen-bond acceptors (Lipinski definition) is 4. The van der Waals surface area contributed by atoms with Crippen molar-refractivity contribution in [3.63, 3.8) is 0 Å². The van der Waals surface area contributed by atoms with Crippen LogP contribution in [0.3, 0.4) is 0 Å². The van der Waals surface area contributed by atoms with Gasteiger partial charge in [-0.05, 0) is 31.0 Å². The molecule has 1 saturated heterocycles. The van der Waals surface area contributed by atoms with E-state index in [0.29, 0.717) is 36.8 Å². The molecule has 0 atom stereocenters. The minimum absolute atomic E-state index is 0.101. The van der Waals surface area contributed by atoms with Crippen LogP contribution in [0.5, 0.6) is 0 Å². The zero-order valence-electron chi connectivity index (χ0n) is 16.4. The number of carbonyl (C=O) groups excluding carboxylic acids is 2. The van der Waals surface area contributed by atoms with E-state index in [1.165, 1.54) is 0 Å². The number of aromatic nitrogens is 2. The summed E-state index contributed by atoms with van der Waals surface area (Å²) in [6, 6.07) is 5.55. The molecule has 2 aromatic heterocycles. The van der Waals surface area contributed by atoms with Crippen molar-refractivity contribution in [1.29, 1.82) is 0 Å². The van der Waals surface area contributed by atoms with Crippen molar-refractivity contribution >= 4 is 17.3 Å². The van der Waals surface area contributed by atoms with Crippen molar-refractivity contribution in [2.75, 3.05) is 39.3 Å². The third kappa shape index (κ3) is 4.30. The third-order valence-corrected chi connectivity index (χ3v) is 5.07. The second-order valence-electron chi connectivity index (χ2n) is 7.40. The number of likely N-dealkylation sites (N-methyl/N-ethyl adjacent to an activating group) is 1. The van der Waals surface area contributed by atoms with Gasteiger partial charge < -0.3 is 15.1 Å². The Kier molecular flexibility index (Phi) is 6.11. The molecule has 1 aliphatic heterocycles. The number of imidazole rings is 1. The molecule has 0 unspecified atom stereocenters. The van der Waals surface area contributed by atoms with Gasteiger partial charge in [0.1, 0.15) is 0 Å². The van der Waals surface area contributed by atoms with Crippen molar-refractivity contribution in [3.05, 3.63) is 35.9 Å². The summed E-state index contributed by atoms with van der Waals surface area (Å²) in [5, 5.41) is 2.91. The van der Waals surface area contributed by atoms with Crippen molar-refractivity contribution in [1.82, 2.24) is 24.5 Å². The molecule has 1 N–H and O–H groups in total. The van der Waals surface area contributed by atoms with E-state index in [1.807, 2.05) is 23.1 Å². The average Bonchev–Trinajstić information content (AvgIpc) is 3.07. The number of rotatable bonds is 6. The number of nitrogens with one attached hydrogen (secondary N) is 1. The maximum Gasteiger partial charge on any atom is 0.287 e. The van der Waals surface area contributed by atoms with Gasteiger partial charge in [0, 0.05) is 38.9 Å². The first-order chi connectivity index (χ1) is 13.0. The van der Waals surface area contributed by atoms with Crippen LogP contribution < -0.4 is 5.32 Å². The summed E-state index contributed by atoms with van der Waals surface area (Å²) in [4.78, 5) is 34.3. The van der Waals surface area contributed by atoms with Gasteiger partial charge in [-0.15, -0.1) is 0 Å². The van der Waals surface area contributed by atoms with E-state index in [1.54, 1.807) is 10.6 Å². The number of pyridine rings is 1. The van der Waals surface area contributed by atoms with Crippen LogP contribution in [0.15, 0.2) is 24.4 Å². The highest BCUT2D eigenvalue weighted by Crippen LogP contribution is 2.17. The Bertz CT molecular complexity index is 806.